The highest BCUT2D eigenvalue weighted by Gasteiger charge is 2.15. The molecule has 2 aromatic rings. The number of amides is 1. The highest BCUT2D eigenvalue weighted by atomic mass is 32.2. The normalized spacial score (nSPS) is 11.3. The fraction of sp³-hybridized carbons (Fsp3) is 0.200. The monoisotopic (exact) mass is 336 g/mol. The molecule has 23 heavy (non-hydrogen) atoms. The molecule has 3 N–H and O–H groups in total. The minimum absolute atomic E-state index is 0.113. The third kappa shape index (κ3) is 4.76. The molecule has 0 aliphatic heterocycles. The Bertz CT molecular complexity index is 833. The van der Waals surface area contributed by atoms with Gasteiger partial charge >= 0.3 is 5.97 Å². The van der Waals surface area contributed by atoms with Gasteiger partial charge in [-0.25, -0.2) is 13.1 Å². The molecule has 0 heterocycles. The van der Waals surface area contributed by atoms with Gasteiger partial charge in [0.2, 0.25) is 10.0 Å². The van der Waals surface area contributed by atoms with Gasteiger partial charge in [0.05, 0.1) is 11.3 Å². The van der Waals surface area contributed by atoms with Crippen LogP contribution < -0.4 is 10.5 Å². The number of sulfonamides is 1. The number of benzene rings is 2. The molecule has 0 bridgehead atoms. The zero-order chi connectivity index (χ0) is 16.9. The summed E-state index contributed by atoms with van der Waals surface area (Å²) < 4.78 is 31.2. The topological polar surface area (TPSA) is 116 Å². The SMILES string of the molecule is NC(=O)COC(=O)CCNS(=O)(=O)c1ccc2ccccc2c1. The Morgan fingerprint density at radius 1 is 1.09 bits per heavy atom. The zero-order valence-electron chi connectivity index (χ0n) is 12.2. The molecule has 0 saturated heterocycles. The lowest BCUT2D eigenvalue weighted by Gasteiger charge is -2.08. The molecule has 1 amide bonds. The van der Waals surface area contributed by atoms with Crippen LogP contribution in [0.25, 0.3) is 10.8 Å². The van der Waals surface area contributed by atoms with Crippen molar-refractivity contribution in [1.82, 2.24) is 4.72 Å². The Labute approximate surface area is 133 Å². The Balaban J connectivity index is 1.98. The van der Waals surface area contributed by atoms with E-state index in [1.807, 2.05) is 24.3 Å². The molecule has 7 nitrogen and oxygen atoms in total. The van der Waals surface area contributed by atoms with Crippen molar-refractivity contribution >= 4 is 32.7 Å². The van der Waals surface area contributed by atoms with Crippen LogP contribution in [0.2, 0.25) is 0 Å². The number of nitrogens with two attached hydrogens (primary N) is 1. The highest BCUT2D eigenvalue weighted by molar-refractivity contribution is 7.89. The number of rotatable bonds is 7. The summed E-state index contributed by atoms with van der Waals surface area (Å²) in [5, 5.41) is 1.73. The second-order valence-corrected chi connectivity index (χ2v) is 6.55. The van der Waals surface area contributed by atoms with Gasteiger partial charge in [0.25, 0.3) is 5.91 Å². The first kappa shape index (κ1) is 16.9. The fourth-order valence-corrected chi connectivity index (χ4v) is 3.00. The Hall–Kier alpha value is -2.45. The predicted octanol–water partition coefficient (Wildman–Crippen LogP) is 0.537. The van der Waals surface area contributed by atoms with E-state index in [2.05, 4.69) is 9.46 Å². The Morgan fingerprint density at radius 2 is 1.78 bits per heavy atom. The second kappa shape index (κ2) is 7.21. The van der Waals surface area contributed by atoms with Crippen LogP contribution in [0.5, 0.6) is 0 Å². The van der Waals surface area contributed by atoms with Crippen LogP contribution in [0, 0.1) is 0 Å². The van der Waals surface area contributed by atoms with E-state index in [9.17, 15) is 18.0 Å². The van der Waals surface area contributed by atoms with Gasteiger partial charge in [-0.2, -0.15) is 0 Å². The Morgan fingerprint density at radius 3 is 2.48 bits per heavy atom. The van der Waals surface area contributed by atoms with Crippen molar-refractivity contribution < 1.29 is 22.7 Å². The lowest BCUT2D eigenvalue weighted by molar-refractivity contribution is -0.147. The molecule has 0 aromatic heterocycles. The van der Waals surface area contributed by atoms with Crippen LogP contribution in [-0.4, -0.2) is 33.4 Å². The lowest BCUT2D eigenvalue weighted by Crippen LogP contribution is -2.28. The number of esters is 1. The summed E-state index contributed by atoms with van der Waals surface area (Å²) in [6, 6.07) is 12.2. The van der Waals surface area contributed by atoms with Gasteiger partial charge in [0.1, 0.15) is 0 Å². The second-order valence-electron chi connectivity index (χ2n) is 4.78. The number of carbonyl (C=O) groups is 2. The van der Waals surface area contributed by atoms with Crippen molar-refractivity contribution in [1.29, 1.82) is 0 Å². The van der Waals surface area contributed by atoms with Gasteiger partial charge in [0.15, 0.2) is 6.61 Å². The lowest BCUT2D eigenvalue weighted by atomic mass is 10.1. The van der Waals surface area contributed by atoms with Gasteiger partial charge in [-0.15, -0.1) is 0 Å². The summed E-state index contributed by atoms with van der Waals surface area (Å²) in [6.45, 7) is -0.650. The van der Waals surface area contributed by atoms with Crippen LogP contribution >= 0.6 is 0 Å². The van der Waals surface area contributed by atoms with Gasteiger partial charge in [-0.3, -0.25) is 9.59 Å². The molecule has 2 rings (SSSR count). The predicted molar refractivity (Wildman–Crippen MR) is 83.9 cm³/mol. The maximum absolute atomic E-state index is 12.2. The Kier molecular flexibility index (Phi) is 5.30. The first-order chi connectivity index (χ1) is 10.9. The summed E-state index contributed by atoms with van der Waals surface area (Å²) in [5.41, 5.74) is 4.83. The van der Waals surface area contributed by atoms with Crippen molar-refractivity contribution in [2.45, 2.75) is 11.3 Å². The van der Waals surface area contributed by atoms with Crippen LogP contribution in [-0.2, 0) is 24.3 Å². The van der Waals surface area contributed by atoms with Crippen molar-refractivity contribution in [2.75, 3.05) is 13.2 Å². The fourth-order valence-electron chi connectivity index (χ4n) is 1.93. The number of nitrogens with one attached hydrogen (secondary N) is 1. The number of primary amides is 1. The molecule has 8 heteroatoms. The van der Waals surface area contributed by atoms with E-state index in [1.54, 1.807) is 12.1 Å². The zero-order valence-corrected chi connectivity index (χ0v) is 13.0. The average molecular weight is 336 g/mol. The van der Waals surface area contributed by atoms with E-state index in [0.717, 1.165) is 10.8 Å². The summed E-state index contributed by atoms with van der Waals surface area (Å²) in [6.07, 6.45) is -0.194. The third-order valence-corrected chi connectivity index (χ3v) is 4.49. The molecule has 0 unspecified atom stereocenters. The maximum Gasteiger partial charge on any atom is 0.307 e. The summed E-state index contributed by atoms with van der Waals surface area (Å²) in [4.78, 5) is 21.9. The van der Waals surface area contributed by atoms with Crippen molar-refractivity contribution in [3.8, 4) is 0 Å². The van der Waals surface area contributed by atoms with Crippen molar-refractivity contribution in [3.63, 3.8) is 0 Å². The van der Waals surface area contributed by atoms with Crippen LogP contribution in [0.1, 0.15) is 6.42 Å². The molecule has 122 valence electrons. The van der Waals surface area contributed by atoms with Crippen molar-refractivity contribution in [2.24, 2.45) is 5.73 Å². The molecule has 0 spiro atoms. The number of ether oxygens (including phenoxy) is 1. The standard InChI is InChI=1S/C15H16N2O5S/c16-14(18)10-22-15(19)7-8-17-23(20,21)13-6-5-11-3-1-2-4-12(11)9-13/h1-6,9,17H,7-8,10H2,(H2,16,18). The minimum atomic E-state index is -3.73. The summed E-state index contributed by atoms with van der Waals surface area (Å²) in [7, 11) is -3.73. The maximum atomic E-state index is 12.2. The van der Waals surface area contributed by atoms with Crippen LogP contribution in [0.4, 0.5) is 0 Å². The van der Waals surface area contributed by atoms with Gasteiger partial charge < -0.3 is 10.5 Å². The molecule has 0 saturated carbocycles. The summed E-state index contributed by atoms with van der Waals surface area (Å²) >= 11 is 0. The first-order valence-corrected chi connectivity index (χ1v) is 8.29. The average Bonchev–Trinajstić information content (AvgIpc) is 2.52. The molecule has 0 aliphatic carbocycles. The van der Waals surface area contributed by atoms with E-state index in [4.69, 9.17) is 5.73 Å². The molecular formula is C15H16N2O5S. The smallest absolute Gasteiger partial charge is 0.307 e. The van der Waals surface area contributed by atoms with E-state index in [1.165, 1.54) is 6.07 Å². The quantitative estimate of drug-likeness (QED) is 0.716. The number of fused-ring (bicyclic) bond motifs is 1. The molecule has 0 atom stereocenters. The van der Waals surface area contributed by atoms with E-state index >= 15 is 0 Å². The number of carbonyl (C=O) groups excluding carboxylic acids is 2. The van der Waals surface area contributed by atoms with Crippen LogP contribution in [0.3, 0.4) is 0 Å². The molecule has 0 fully saturated rings. The van der Waals surface area contributed by atoms with Crippen LogP contribution in [0.15, 0.2) is 47.4 Å². The summed E-state index contributed by atoms with van der Waals surface area (Å²) in [5.74, 6) is -1.47. The van der Waals surface area contributed by atoms with Gasteiger partial charge in [0, 0.05) is 6.54 Å². The van der Waals surface area contributed by atoms with E-state index < -0.39 is 28.5 Å². The largest absolute Gasteiger partial charge is 0.456 e. The van der Waals surface area contributed by atoms with E-state index in [0.29, 0.717) is 0 Å². The van der Waals surface area contributed by atoms with E-state index in [-0.39, 0.29) is 17.9 Å². The molecule has 2 aromatic carbocycles. The van der Waals surface area contributed by atoms with Gasteiger partial charge in [-0.1, -0.05) is 30.3 Å². The third-order valence-electron chi connectivity index (χ3n) is 3.03. The number of hydrogen-bond acceptors (Lipinski definition) is 5. The molecule has 0 radical (unpaired) electrons. The number of hydrogen-bond donors (Lipinski definition) is 2. The van der Waals surface area contributed by atoms with Crippen molar-refractivity contribution in [3.05, 3.63) is 42.5 Å². The molecular weight excluding hydrogens is 320 g/mol. The minimum Gasteiger partial charge on any atom is -0.456 e. The van der Waals surface area contributed by atoms with Gasteiger partial charge in [-0.05, 0) is 22.9 Å². The molecule has 0 aliphatic rings. The highest BCUT2D eigenvalue weighted by Crippen LogP contribution is 2.18. The first-order valence-electron chi connectivity index (χ1n) is 6.81.